The summed E-state index contributed by atoms with van der Waals surface area (Å²) in [5, 5.41) is 8.31. The van der Waals surface area contributed by atoms with Crippen molar-refractivity contribution in [3.8, 4) is 17.0 Å². The second-order valence-corrected chi connectivity index (χ2v) is 4.73. The maximum atomic E-state index is 5.53. The van der Waals surface area contributed by atoms with Gasteiger partial charge in [0.05, 0.1) is 18.5 Å². The van der Waals surface area contributed by atoms with E-state index in [2.05, 4.69) is 36.2 Å². The van der Waals surface area contributed by atoms with Gasteiger partial charge in [-0.05, 0) is 35.7 Å². The maximum Gasteiger partial charge on any atom is 0.128 e. The van der Waals surface area contributed by atoms with Crippen molar-refractivity contribution in [2.24, 2.45) is 5.73 Å². The molecule has 0 unspecified atom stereocenters. The summed E-state index contributed by atoms with van der Waals surface area (Å²) in [6.07, 6.45) is 0. The fourth-order valence-corrected chi connectivity index (χ4v) is 1.90. The van der Waals surface area contributed by atoms with Gasteiger partial charge in [0.1, 0.15) is 5.75 Å². The Kier molecular flexibility index (Phi) is 4.12. The molecule has 0 atom stereocenters. The zero-order valence-electron chi connectivity index (χ0n) is 11.6. The summed E-state index contributed by atoms with van der Waals surface area (Å²) < 4.78 is 5.40. The van der Waals surface area contributed by atoms with Crippen molar-refractivity contribution in [2.45, 2.75) is 26.3 Å². The Hall–Kier alpha value is -1.94. The van der Waals surface area contributed by atoms with Crippen LogP contribution in [0.1, 0.15) is 31.0 Å². The molecule has 0 spiro atoms. The molecule has 0 amide bonds. The van der Waals surface area contributed by atoms with Crippen LogP contribution < -0.4 is 10.5 Å². The highest BCUT2D eigenvalue weighted by molar-refractivity contribution is 5.68. The van der Waals surface area contributed by atoms with Gasteiger partial charge in [-0.1, -0.05) is 19.9 Å². The largest absolute Gasteiger partial charge is 0.496 e. The second-order valence-electron chi connectivity index (χ2n) is 4.73. The minimum Gasteiger partial charge on any atom is -0.496 e. The topological polar surface area (TPSA) is 61.0 Å². The number of methoxy groups -OCH3 is 1. The molecular formula is C15H19N3O. The molecule has 0 aliphatic heterocycles. The van der Waals surface area contributed by atoms with E-state index in [-0.39, 0.29) is 0 Å². The van der Waals surface area contributed by atoms with Crippen LogP contribution in [-0.2, 0) is 6.54 Å². The summed E-state index contributed by atoms with van der Waals surface area (Å²) in [7, 11) is 1.66. The molecule has 100 valence electrons. The number of ether oxygens (including phenoxy) is 1. The average molecular weight is 257 g/mol. The molecule has 0 bridgehead atoms. The summed E-state index contributed by atoms with van der Waals surface area (Å²) in [4.78, 5) is 0. The van der Waals surface area contributed by atoms with Crippen LogP contribution in [0.25, 0.3) is 11.3 Å². The van der Waals surface area contributed by atoms with E-state index in [0.717, 1.165) is 22.7 Å². The first-order valence-corrected chi connectivity index (χ1v) is 6.36. The third-order valence-electron chi connectivity index (χ3n) is 3.10. The predicted octanol–water partition coefficient (Wildman–Crippen LogP) is 2.73. The highest BCUT2D eigenvalue weighted by Gasteiger charge is 2.10. The molecule has 4 heteroatoms. The molecule has 1 aromatic heterocycles. The van der Waals surface area contributed by atoms with Gasteiger partial charge in [0, 0.05) is 12.1 Å². The minimum atomic E-state index is 0.399. The first kappa shape index (κ1) is 13.5. The molecular weight excluding hydrogens is 238 g/mol. The van der Waals surface area contributed by atoms with Crippen molar-refractivity contribution < 1.29 is 4.74 Å². The molecule has 19 heavy (non-hydrogen) atoms. The first-order chi connectivity index (χ1) is 9.15. The van der Waals surface area contributed by atoms with Crippen molar-refractivity contribution in [1.82, 2.24) is 10.2 Å². The zero-order chi connectivity index (χ0) is 13.8. The molecule has 1 heterocycles. The normalized spacial score (nSPS) is 10.8. The van der Waals surface area contributed by atoms with Crippen LogP contribution in [0.4, 0.5) is 0 Å². The third-order valence-corrected chi connectivity index (χ3v) is 3.10. The standard InChI is InChI=1S/C15H19N3O/c1-10(2)11-4-7-15(19-3)13(8-11)14-6-5-12(9-16)17-18-14/h4-8,10H,9,16H2,1-3H3. The Bertz CT molecular complexity index is 550. The first-order valence-electron chi connectivity index (χ1n) is 6.36. The molecule has 4 nitrogen and oxygen atoms in total. The van der Waals surface area contributed by atoms with E-state index in [1.54, 1.807) is 7.11 Å². The van der Waals surface area contributed by atoms with Crippen LogP contribution >= 0.6 is 0 Å². The van der Waals surface area contributed by atoms with E-state index in [1.165, 1.54) is 5.56 Å². The van der Waals surface area contributed by atoms with Crippen molar-refractivity contribution in [3.63, 3.8) is 0 Å². The molecule has 2 aromatic rings. The average Bonchev–Trinajstić information content (AvgIpc) is 2.46. The van der Waals surface area contributed by atoms with Gasteiger partial charge >= 0.3 is 0 Å². The second kappa shape index (κ2) is 5.80. The molecule has 0 radical (unpaired) electrons. The lowest BCUT2D eigenvalue weighted by Crippen LogP contribution is -2.02. The van der Waals surface area contributed by atoms with Crippen LogP contribution in [0.3, 0.4) is 0 Å². The number of nitrogens with two attached hydrogens (primary N) is 1. The summed E-state index contributed by atoms with van der Waals surface area (Å²) in [5.41, 5.74) is 9.33. The highest BCUT2D eigenvalue weighted by Crippen LogP contribution is 2.31. The Morgan fingerprint density at radius 3 is 2.47 bits per heavy atom. The van der Waals surface area contributed by atoms with E-state index < -0.39 is 0 Å². The van der Waals surface area contributed by atoms with Gasteiger partial charge in [0.15, 0.2) is 0 Å². The third kappa shape index (κ3) is 2.90. The zero-order valence-corrected chi connectivity index (χ0v) is 11.6. The summed E-state index contributed by atoms with van der Waals surface area (Å²) in [5.74, 6) is 1.26. The lowest BCUT2D eigenvalue weighted by atomic mass is 9.99. The van der Waals surface area contributed by atoms with Crippen LogP contribution in [0.2, 0.25) is 0 Å². The number of rotatable bonds is 4. The van der Waals surface area contributed by atoms with Crippen molar-refractivity contribution >= 4 is 0 Å². The van der Waals surface area contributed by atoms with E-state index in [4.69, 9.17) is 10.5 Å². The molecule has 1 aromatic carbocycles. The molecule has 2 N–H and O–H groups in total. The Morgan fingerprint density at radius 2 is 1.95 bits per heavy atom. The number of hydrogen-bond donors (Lipinski definition) is 1. The van der Waals surface area contributed by atoms with E-state index in [9.17, 15) is 0 Å². The molecule has 2 rings (SSSR count). The molecule has 0 saturated heterocycles. The highest BCUT2D eigenvalue weighted by atomic mass is 16.5. The lowest BCUT2D eigenvalue weighted by Gasteiger charge is -2.12. The number of benzene rings is 1. The SMILES string of the molecule is COc1ccc(C(C)C)cc1-c1ccc(CN)nn1. The van der Waals surface area contributed by atoms with E-state index >= 15 is 0 Å². The Labute approximate surface area is 113 Å². The van der Waals surface area contributed by atoms with Gasteiger partial charge in [-0.3, -0.25) is 0 Å². The predicted molar refractivity (Wildman–Crippen MR) is 76.0 cm³/mol. The fourth-order valence-electron chi connectivity index (χ4n) is 1.90. The van der Waals surface area contributed by atoms with E-state index in [1.807, 2.05) is 18.2 Å². The van der Waals surface area contributed by atoms with Crippen LogP contribution in [0.15, 0.2) is 30.3 Å². The lowest BCUT2D eigenvalue weighted by molar-refractivity contribution is 0.416. The Balaban J connectivity index is 2.48. The molecule has 0 aliphatic rings. The molecule has 0 aliphatic carbocycles. The number of aromatic nitrogens is 2. The van der Waals surface area contributed by atoms with Gasteiger partial charge in [-0.15, -0.1) is 0 Å². The quantitative estimate of drug-likeness (QED) is 0.914. The van der Waals surface area contributed by atoms with Crippen LogP contribution in [-0.4, -0.2) is 17.3 Å². The fraction of sp³-hybridized carbons (Fsp3) is 0.333. The monoisotopic (exact) mass is 257 g/mol. The van der Waals surface area contributed by atoms with Gasteiger partial charge < -0.3 is 10.5 Å². The van der Waals surface area contributed by atoms with Crippen LogP contribution in [0, 0.1) is 0 Å². The van der Waals surface area contributed by atoms with Crippen molar-refractivity contribution in [3.05, 3.63) is 41.6 Å². The van der Waals surface area contributed by atoms with Gasteiger partial charge in [0.25, 0.3) is 0 Å². The summed E-state index contributed by atoms with van der Waals surface area (Å²) >= 11 is 0. The van der Waals surface area contributed by atoms with Gasteiger partial charge in [-0.2, -0.15) is 10.2 Å². The van der Waals surface area contributed by atoms with Crippen LogP contribution in [0.5, 0.6) is 5.75 Å². The number of hydrogen-bond acceptors (Lipinski definition) is 4. The van der Waals surface area contributed by atoms with Gasteiger partial charge in [-0.25, -0.2) is 0 Å². The minimum absolute atomic E-state index is 0.399. The maximum absolute atomic E-state index is 5.53. The number of nitrogens with zero attached hydrogens (tertiary/aromatic N) is 2. The smallest absolute Gasteiger partial charge is 0.128 e. The molecule has 0 fully saturated rings. The van der Waals surface area contributed by atoms with Gasteiger partial charge in [0.2, 0.25) is 0 Å². The molecule has 0 saturated carbocycles. The van der Waals surface area contributed by atoms with E-state index in [0.29, 0.717) is 12.5 Å². The Morgan fingerprint density at radius 1 is 1.16 bits per heavy atom. The summed E-state index contributed by atoms with van der Waals surface area (Å²) in [6, 6.07) is 9.98. The van der Waals surface area contributed by atoms with Crippen molar-refractivity contribution in [2.75, 3.05) is 7.11 Å². The van der Waals surface area contributed by atoms with Crippen molar-refractivity contribution in [1.29, 1.82) is 0 Å². The summed E-state index contributed by atoms with van der Waals surface area (Å²) in [6.45, 7) is 4.72.